The predicted molar refractivity (Wildman–Crippen MR) is 104 cm³/mol. The fourth-order valence-electron chi connectivity index (χ4n) is 4.38. The van der Waals surface area contributed by atoms with Gasteiger partial charge < -0.3 is 13.8 Å². The third-order valence-electron chi connectivity index (χ3n) is 5.79. The fraction of sp³-hybridized carbons (Fsp3) is 0.409. The Morgan fingerprint density at radius 1 is 1.11 bits per heavy atom. The van der Waals surface area contributed by atoms with Crippen molar-refractivity contribution in [3.05, 3.63) is 59.0 Å². The van der Waals surface area contributed by atoms with E-state index < -0.39 is 0 Å². The standard InChI is InChI=1S/C22H25N3O2/c1-26-18-6-4-5-16(11-18)12-25-13-17-7-8-19-21(15-24-9-2-3-10-24)23-27-22(19)20(17)14-25/h4-6,11,13-14H,2-3,7-10,12,15H2,1H3. The molecule has 1 aliphatic heterocycles. The van der Waals surface area contributed by atoms with Gasteiger partial charge in [-0.25, -0.2) is 0 Å². The number of aromatic nitrogens is 2. The lowest BCUT2D eigenvalue weighted by molar-refractivity contribution is 0.314. The maximum Gasteiger partial charge on any atom is 0.172 e. The van der Waals surface area contributed by atoms with E-state index in [9.17, 15) is 0 Å². The largest absolute Gasteiger partial charge is 0.497 e. The Morgan fingerprint density at radius 3 is 2.85 bits per heavy atom. The second kappa shape index (κ2) is 6.89. The van der Waals surface area contributed by atoms with Crippen LogP contribution in [0, 0.1) is 0 Å². The highest BCUT2D eigenvalue weighted by Gasteiger charge is 2.27. The molecule has 0 amide bonds. The average Bonchev–Trinajstić information content (AvgIpc) is 3.42. The first-order valence-electron chi connectivity index (χ1n) is 9.82. The van der Waals surface area contributed by atoms with E-state index in [0.29, 0.717) is 0 Å². The highest BCUT2D eigenvalue weighted by atomic mass is 16.5. The van der Waals surface area contributed by atoms with Gasteiger partial charge in [0.15, 0.2) is 5.76 Å². The number of nitrogens with zero attached hydrogens (tertiary/aromatic N) is 3. The van der Waals surface area contributed by atoms with Crippen molar-refractivity contribution in [1.82, 2.24) is 14.6 Å². The van der Waals surface area contributed by atoms with Crippen LogP contribution in [0.2, 0.25) is 0 Å². The van der Waals surface area contributed by atoms with E-state index in [1.165, 1.54) is 48.2 Å². The average molecular weight is 363 g/mol. The van der Waals surface area contributed by atoms with Gasteiger partial charge in [-0.15, -0.1) is 0 Å². The molecule has 140 valence electrons. The molecule has 0 atom stereocenters. The summed E-state index contributed by atoms with van der Waals surface area (Å²) in [5, 5.41) is 4.43. The van der Waals surface area contributed by atoms with Crippen LogP contribution >= 0.6 is 0 Å². The maximum atomic E-state index is 5.81. The third-order valence-corrected chi connectivity index (χ3v) is 5.79. The lowest BCUT2D eigenvalue weighted by Gasteiger charge is -2.15. The second-order valence-electron chi connectivity index (χ2n) is 7.64. The Balaban J connectivity index is 1.40. The summed E-state index contributed by atoms with van der Waals surface area (Å²) in [5.41, 5.74) is 6.24. The van der Waals surface area contributed by atoms with Crippen molar-refractivity contribution in [3.8, 4) is 17.1 Å². The van der Waals surface area contributed by atoms with Gasteiger partial charge >= 0.3 is 0 Å². The summed E-state index contributed by atoms with van der Waals surface area (Å²) in [4.78, 5) is 2.49. The molecule has 1 saturated heterocycles. The summed E-state index contributed by atoms with van der Waals surface area (Å²) >= 11 is 0. The van der Waals surface area contributed by atoms with Gasteiger partial charge in [0.05, 0.1) is 7.11 Å². The van der Waals surface area contributed by atoms with Crippen molar-refractivity contribution < 1.29 is 9.26 Å². The molecule has 2 aliphatic rings. The topological polar surface area (TPSA) is 43.4 Å². The van der Waals surface area contributed by atoms with Crippen LogP contribution in [0.3, 0.4) is 0 Å². The zero-order valence-electron chi connectivity index (χ0n) is 15.8. The quantitative estimate of drug-likeness (QED) is 0.690. The van der Waals surface area contributed by atoms with Gasteiger partial charge in [0.2, 0.25) is 0 Å². The number of fused-ring (bicyclic) bond motifs is 3. The van der Waals surface area contributed by atoms with Crippen molar-refractivity contribution in [1.29, 1.82) is 0 Å². The Kier molecular flexibility index (Phi) is 4.24. The van der Waals surface area contributed by atoms with Crippen LogP contribution in [0.5, 0.6) is 5.75 Å². The molecule has 3 aromatic rings. The maximum absolute atomic E-state index is 5.81. The Hall–Kier alpha value is -2.53. The third kappa shape index (κ3) is 3.16. The minimum atomic E-state index is 0.828. The van der Waals surface area contributed by atoms with Crippen molar-refractivity contribution in [2.75, 3.05) is 20.2 Å². The van der Waals surface area contributed by atoms with Gasteiger partial charge in [-0.2, -0.15) is 0 Å². The summed E-state index contributed by atoms with van der Waals surface area (Å²) in [6, 6.07) is 8.24. The van der Waals surface area contributed by atoms with Crippen molar-refractivity contribution in [3.63, 3.8) is 0 Å². The van der Waals surface area contributed by atoms with Gasteiger partial charge in [-0.05, 0) is 62.0 Å². The molecule has 5 nitrogen and oxygen atoms in total. The van der Waals surface area contributed by atoms with E-state index in [0.717, 1.165) is 43.1 Å². The van der Waals surface area contributed by atoms with Crippen LogP contribution in [0.4, 0.5) is 0 Å². The highest BCUT2D eigenvalue weighted by Crippen LogP contribution is 2.36. The number of aryl methyl sites for hydroxylation is 1. The molecular weight excluding hydrogens is 338 g/mol. The second-order valence-corrected chi connectivity index (χ2v) is 7.64. The number of benzene rings is 1. The minimum absolute atomic E-state index is 0.828. The molecule has 5 heteroatoms. The molecule has 27 heavy (non-hydrogen) atoms. The Labute approximate surface area is 159 Å². The summed E-state index contributed by atoms with van der Waals surface area (Å²) in [6.07, 6.45) is 9.15. The van der Waals surface area contributed by atoms with Gasteiger partial charge in [0.1, 0.15) is 11.4 Å². The first-order chi connectivity index (χ1) is 13.3. The fourth-order valence-corrected chi connectivity index (χ4v) is 4.38. The molecule has 0 spiro atoms. The molecule has 3 heterocycles. The first kappa shape index (κ1) is 16.6. The predicted octanol–water partition coefficient (Wildman–Crippen LogP) is 3.89. The van der Waals surface area contributed by atoms with Crippen molar-refractivity contribution in [2.45, 2.75) is 38.8 Å². The van der Waals surface area contributed by atoms with Gasteiger partial charge in [0, 0.05) is 36.6 Å². The van der Waals surface area contributed by atoms with Crippen LogP contribution in [0.15, 0.2) is 41.2 Å². The molecule has 0 N–H and O–H groups in total. The molecule has 0 bridgehead atoms. The molecule has 1 aromatic carbocycles. The normalized spacial score (nSPS) is 16.3. The molecule has 1 fully saturated rings. The van der Waals surface area contributed by atoms with Crippen LogP contribution in [0.1, 0.15) is 35.2 Å². The zero-order chi connectivity index (χ0) is 18.2. The van der Waals surface area contributed by atoms with E-state index >= 15 is 0 Å². The van der Waals surface area contributed by atoms with E-state index in [-0.39, 0.29) is 0 Å². The van der Waals surface area contributed by atoms with Gasteiger partial charge in [-0.1, -0.05) is 17.3 Å². The highest BCUT2D eigenvalue weighted by molar-refractivity contribution is 5.68. The number of hydrogen-bond donors (Lipinski definition) is 0. The zero-order valence-corrected chi connectivity index (χ0v) is 15.8. The minimum Gasteiger partial charge on any atom is -0.497 e. The lowest BCUT2D eigenvalue weighted by atomic mass is 9.93. The molecule has 2 aromatic heterocycles. The number of rotatable bonds is 5. The molecule has 0 unspecified atom stereocenters. The molecule has 5 rings (SSSR count). The molecular formula is C22H25N3O2. The number of ether oxygens (including phenoxy) is 1. The first-order valence-corrected chi connectivity index (χ1v) is 9.82. The molecule has 0 saturated carbocycles. The van der Waals surface area contributed by atoms with E-state index in [1.807, 2.05) is 12.1 Å². The summed E-state index contributed by atoms with van der Waals surface area (Å²) < 4.78 is 13.4. The number of likely N-dealkylation sites (tertiary alicyclic amines) is 1. The van der Waals surface area contributed by atoms with Gasteiger partial charge in [0.25, 0.3) is 0 Å². The van der Waals surface area contributed by atoms with Crippen LogP contribution < -0.4 is 4.74 Å². The van der Waals surface area contributed by atoms with E-state index in [1.54, 1.807) is 7.11 Å². The number of hydrogen-bond acceptors (Lipinski definition) is 4. The smallest absolute Gasteiger partial charge is 0.172 e. The molecule has 0 radical (unpaired) electrons. The van der Waals surface area contributed by atoms with Crippen LogP contribution in [0.25, 0.3) is 11.3 Å². The number of methoxy groups -OCH3 is 1. The van der Waals surface area contributed by atoms with E-state index in [4.69, 9.17) is 9.26 Å². The monoisotopic (exact) mass is 363 g/mol. The Bertz CT molecular complexity index is 950. The molecule has 1 aliphatic carbocycles. The van der Waals surface area contributed by atoms with Crippen LogP contribution in [-0.4, -0.2) is 34.8 Å². The van der Waals surface area contributed by atoms with Gasteiger partial charge in [-0.3, -0.25) is 4.90 Å². The lowest BCUT2D eigenvalue weighted by Crippen LogP contribution is -2.19. The summed E-state index contributed by atoms with van der Waals surface area (Å²) in [7, 11) is 1.71. The Morgan fingerprint density at radius 2 is 2.00 bits per heavy atom. The van der Waals surface area contributed by atoms with Crippen molar-refractivity contribution in [2.24, 2.45) is 0 Å². The summed E-state index contributed by atoms with van der Waals surface area (Å²) in [5.74, 6) is 1.88. The SMILES string of the molecule is COc1cccc(Cn2cc3c(c2)-c2onc(CN4CCCC4)c2CC3)c1. The van der Waals surface area contributed by atoms with Crippen LogP contribution in [-0.2, 0) is 25.9 Å². The van der Waals surface area contributed by atoms with E-state index in [2.05, 4.69) is 39.2 Å². The summed E-state index contributed by atoms with van der Waals surface area (Å²) in [6.45, 7) is 4.13. The van der Waals surface area contributed by atoms with Crippen molar-refractivity contribution >= 4 is 0 Å².